The highest BCUT2D eigenvalue weighted by Crippen LogP contribution is 2.39. The minimum Gasteiger partial charge on any atom is -0.335 e. The number of carbonyl (C=O) groups excluding carboxylic acids is 1. The molecule has 0 radical (unpaired) electrons. The van der Waals surface area contributed by atoms with Crippen molar-refractivity contribution in [1.29, 1.82) is 0 Å². The summed E-state index contributed by atoms with van der Waals surface area (Å²) < 4.78 is 1.49. The van der Waals surface area contributed by atoms with Crippen molar-refractivity contribution in [2.24, 2.45) is 18.9 Å². The van der Waals surface area contributed by atoms with Gasteiger partial charge in [0.05, 0.1) is 5.56 Å². The van der Waals surface area contributed by atoms with Crippen LogP contribution in [0.1, 0.15) is 49.4 Å². The summed E-state index contributed by atoms with van der Waals surface area (Å²) in [4.78, 5) is 26.4. The zero-order valence-electron chi connectivity index (χ0n) is 12.9. The van der Waals surface area contributed by atoms with Gasteiger partial charge in [0, 0.05) is 31.9 Å². The highest BCUT2D eigenvalue weighted by molar-refractivity contribution is 5.94. The van der Waals surface area contributed by atoms with Gasteiger partial charge in [-0.25, -0.2) is 0 Å². The number of amides is 1. The van der Waals surface area contributed by atoms with Crippen LogP contribution in [0.15, 0.2) is 23.1 Å². The van der Waals surface area contributed by atoms with Crippen LogP contribution < -0.4 is 5.56 Å². The lowest BCUT2D eigenvalue weighted by atomic mass is 9.73. The van der Waals surface area contributed by atoms with Crippen LogP contribution >= 0.6 is 0 Å². The standard InChI is InChI=1S/C17H24N2O2/c1-12-5-3-6-13-7-4-10-19(16(12)13)17(21)14-8-9-15(20)18(2)11-14/h8-9,11-13,16H,3-7,10H2,1-2H3/t12-,13-,16+/m1/s1. The Morgan fingerprint density at radius 3 is 2.71 bits per heavy atom. The van der Waals surface area contributed by atoms with Crippen molar-refractivity contribution in [3.63, 3.8) is 0 Å². The summed E-state index contributed by atoms with van der Waals surface area (Å²) in [7, 11) is 1.70. The number of nitrogens with zero attached hydrogens (tertiary/aromatic N) is 2. The van der Waals surface area contributed by atoms with Crippen molar-refractivity contribution in [3.8, 4) is 0 Å². The summed E-state index contributed by atoms with van der Waals surface area (Å²) in [6.07, 6.45) is 7.80. The molecule has 2 fully saturated rings. The van der Waals surface area contributed by atoms with Crippen molar-refractivity contribution < 1.29 is 4.79 Å². The number of hydrogen-bond acceptors (Lipinski definition) is 2. The zero-order chi connectivity index (χ0) is 15.0. The number of piperidine rings is 1. The Balaban J connectivity index is 1.88. The van der Waals surface area contributed by atoms with Gasteiger partial charge in [0.2, 0.25) is 5.56 Å². The normalized spacial score (nSPS) is 29.0. The van der Waals surface area contributed by atoms with E-state index in [0.29, 0.717) is 23.4 Å². The fourth-order valence-corrected chi connectivity index (χ4v) is 4.18. The number of aryl methyl sites for hydroxylation is 1. The van der Waals surface area contributed by atoms with Crippen molar-refractivity contribution in [1.82, 2.24) is 9.47 Å². The SMILES string of the molecule is C[C@@H]1CCC[C@@H]2CCCN(C(=O)c3ccc(=O)n(C)c3)[C@H]21. The van der Waals surface area contributed by atoms with Crippen LogP contribution in [0.2, 0.25) is 0 Å². The molecule has 0 aromatic carbocycles. The highest BCUT2D eigenvalue weighted by Gasteiger charge is 2.39. The molecule has 0 bridgehead atoms. The van der Waals surface area contributed by atoms with Crippen LogP contribution in [0.3, 0.4) is 0 Å². The summed E-state index contributed by atoms with van der Waals surface area (Å²) in [5.41, 5.74) is 0.560. The molecule has 3 atom stereocenters. The number of fused-ring (bicyclic) bond motifs is 1. The third kappa shape index (κ3) is 2.63. The molecule has 3 rings (SSSR count). The first-order chi connectivity index (χ1) is 10.1. The smallest absolute Gasteiger partial charge is 0.255 e. The maximum absolute atomic E-state index is 12.9. The fourth-order valence-electron chi connectivity index (χ4n) is 4.18. The van der Waals surface area contributed by atoms with Crippen LogP contribution in [0, 0.1) is 11.8 Å². The van der Waals surface area contributed by atoms with Crippen LogP contribution in [0.4, 0.5) is 0 Å². The molecule has 21 heavy (non-hydrogen) atoms. The van der Waals surface area contributed by atoms with Gasteiger partial charge in [0.1, 0.15) is 0 Å². The predicted molar refractivity (Wildman–Crippen MR) is 82.2 cm³/mol. The number of rotatable bonds is 1. The number of pyridine rings is 1. The van der Waals surface area contributed by atoms with E-state index < -0.39 is 0 Å². The fraction of sp³-hybridized carbons (Fsp3) is 0.647. The first-order valence-corrected chi connectivity index (χ1v) is 8.05. The Kier molecular flexibility index (Phi) is 3.87. The second-order valence-electron chi connectivity index (χ2n) is 6.67. The quantitative estimate of drug-likeness (QED) is 0.796. The molecule has 0 unspecified atom stereocenters. The summed E-state index contributed by atoms with van der Waals surface area (Å²) in [5.74, 6) is 1.34. The molecule has 2 aliphatic rings. The van der Waals surface area contributed by atoms with E-state index in [1.165, 1.54) is 36.3 Å². The maximum atomic E-state index is 12.9. The summed E-state index contributed by atoms with van der Waals surface area (Å²) in [6.45, 7) is 3.14. The molecule has 1 aliphatic heterocycles. The molecule has 4 nitrogen and oxygen atoms in total. The van der Waals surface area contributed by atoms with Gasteiger partial charge in [-0.15, -0.1) is 0 Å². The molecule has 0 spiro atoms. The first kappa shape index (κ1) is 14.4. The van der Waals surface area contributed by atoms with E-state index in [-0.39, 0.29) is 11.5 Å². The molecule has 4 heteroatoms. The summed E-state index contributed by atoms with van der Waals surface area (Å²) in [6, 6.07) is 3.54. The van der Waals surface area contributed by atoms with Crippen LogP contribution in [-0.4, -0.2) is 28.0 Å². The van der Waals surface area contributed by atoms with E-state index in [0.717, 1.165) is 13.0 Å². The third-order valence-corrected chi connectivity index (χ3v) is 5.23. The number of hydrogen-bond donors (Lipinski definition) is 0. The molecule has 1 saturated carbocycles. The van der Waals surface area contributed by atoms with E-state index in [1.807, 2.05) is 0 Å². The first-order valence-electron chi connectivity index (χ1n) is 8.05. The molecule has 1 aromatic rings. The average Bonchev–Trinajstić information content (AvgIpc) is 2.49. The van der Waals surface area contributed by atoms with Crippen molar-refractivity contribution >= 4 is 5.91 Å². The highest BCUT2D eigenvalue weighted by atomic mass is 16.2. The Morgan fingerprint density at radius 2 is 1.95 bits per heavy atom. The van der Waals surface area contributed by atoms with Crippen LogP contribution in [0.25, 0.3) is 0 Å². The molecule has 1 saturated heterocycles. The molecular weight excluding hydrogens is 264 g/mol. The van der Waals surface area contributed by atoms with E-state index in [9.17, 15) is 9.59 Å². The Labute approximate surface area is 125 Å². The van der Waals surface area contributed by atoms with Crippen LogP contribution in [-0.2, 0) is 7.05 Å². The topological polar surface area (TPSA) is 42.3 Å². The van der Waals surface area contributed by atoms with E-state index in [2.05, 4.69) is 11.8 Å². The largest absolute Gasteiger partial charge is 0.335 e. The molecule has 2 heterocycles. The molecule has 1 amide bonds. The maximum Gasteiger partial charge on any atom is 0.255 e. The minimum atomic E-state index is -0.0749. The Morgan fingerprint density at radius 1 is 1.19 bits per heavy atom. The van der Waals surface area contributed by atoms with Crippen molar-refractivity contribution in [2.45, 2.75) is 45.1 Å². The molecular formula is C17H24N2O2. The average molecular weight is 288 g/mol. The second-order valence-corrected chi connectivity index (χ2v) is 6.67. The number of carbonyl (C=O) groups is 1. The predicted octanol–water partition coefficient (Wildman–Crippen LogP) is 2.43. The lowest BCUT2D eigenvalue weighted by Crippen LogP contribution is -2.53. The third-order valence-electron chi connectivity index (χ3n) is 5.23. The molecule has 1 aliphatic carbocycles. The van der Waals surface area contributed by atoms with Gasteiger partial charge in [-0.3, -0.25) is 9.59 Å². The van der Waals surface area contributed by atoms with Gasteiger partial charge in [-0.2, -0.15) is 0 Å². The van der Waals surface area contributed by atoms with Crippen molar-refractivity contribution in [3.05, 3.63) is 34.2 Å². The molecule has 0 N–H and O–H groups in total. The van der Waals surface area contributed by atoms with Crippen molar-refractivity contribution in [2.75, 3.05) is 6.54 Å². The summed E-state index contributed by atoms with van der Waals surface area (Å²) in [5, 5.41) is 0. The van der Waals surface area contributed by atoms with Gasteiger partial charge in [-0.1, -0.05) is 13.3 Å². The summed E-state index contributed by atoms with van der Waals surface area (Å²) >= 11 is 0. The molecule has 1 aromatic heterocycles. The van der Waals surface area contributed by atoms with Gasteiger partial charge in [0.25, 0.3) is 5.91 Å². The van der Waals surface area contributed by atoms with E-state index in [4.69, 9.17) is 0 Å². The van der Waals surface area contributed by atoms with Crippen LogP contribution in [0.5, 0.6) is 0 Å². The van der Waals surface area contributed by atoms with Gasteiger partial charge < -0.3 is 9.47 Å². The number of aromatic nitrogens is 1. The lowest BCUT2D eigenvalue weighted by molar-refractivity contribution is 0.0210. The van der Waals surface area contributed by atoms with Gasteiger partial charge >= 0.3 is 0 Å². The van der Waals surface area contributed by atoms with Gasteiger partial charge in [-0.05, 0) is 43.6 Å². The Hall–Kier alpha value is -1.58. The number of likely N-dealkylation sites (tertiary alicyclic amines) is 1. The van der Waals surface area contributed by atoms with E-state index in [1.54, 1.807) is 19.3 Å². The monoisotopic (exact) mass is 288 g/mol. The molecule has 114 valence electrons. The Bertz CT molecular complexity index is 591. The lowest BCUT2D eigenvalue weighted by Gasteiger charge is -2.47. The zero-order valence-corrected chi connectivity index (χ0v) is 12.9. The second kappa shape index (κ2) is 5.66. The minimum absolute atomic E-state index is 0.0749. The van der Waals surface area contributed by atoms with E-state index >= 15 is 0 Å². The van der Waals surface area contributed by atoms with Gasteiger partial charge in [0.15, 0.2) is 0 Å².